The van der Waals surface area contributed by atoms with E-state index in [1.165, 1.54) is 6.07 Å². The van der Waals surface area contributed by atoms with Crippen LogP contribution in [0.1, 0.15) is 12.5 Å². The number of rotatable bonds is 6. The SMILES string of the molecule is COc1cccc(OC(C)C(=O)Nc2ccc(C)c([N+](=O)[O-])c2)c1. The topological polar surface area (TPSA) is 90.7 Å². The van der Waals surface area contributed by atoms with Gasteiger partial charge in [0.05, 0.1) is 12.0 Å². The number of hydrogen-bond acceptors (Lipinski definition) is 5. The molecule has 0 heterocycles. The van der Waals surface area contributed by atoms with Crippen molar-refractivity contribution in [2.45, 2.75) is 20.0 Å². The fourth-order valence-corrected chi connectivity index (χ4v) is 2.06. The maximum atomic E-state index is 12.2. The van der Waals surface area contributed by atoms with Crippen LogP contribution in [0.15, 0.2) is 42.5 Å². The van der Waals surface area contributed by atoms with Gasteiger partial charge in [-0.05, 0) is 32.0 Å². The molecule has 7 nitrogen and oxygen atoms in total. The number of ether oxygens (including phenoxy) is 2. The number of carbonyl (C=O) groups is 1. The standard InChI is InChI=1S/C17H18N2O5/c1-11-7-8-13(9-16(11)19(21)22)18-17(20)12(2)24-15-6-4-5-14(10-15)23-3/h4-10,12H,1-3H3,(H,18,20). The number of benzene rings is 2. The second-order valence-corrected chi connectivity index (χ2v) is 5.19. The van der Waals surface area contributed by atoms with Gasteiger partial charge >= 0.3 is 0 Å². The first kappa shape index (κ1) is 17.3. The third-order valence-corrected chi connectivity index (χ3v) is 3.40. The molecule has 7 heteroatoms. The number of nitro benzene ring substituents is 1. The van der Waals surface area contributed by atoms with Gasteiger partial charge in [-0.3, -0.25) is 14.9 Å². The average molecular weight is 330 g/mol. The molecule has 1 unspecified atom stereocenters. The summed E-state index contributed by atoms with van der Waals surface area (Å²) in [5.41, 5.74) is 0.825. The highest BCUT2D eigenvalue weighted by atomic mass is 16.6. The average Bonchev–Trinajstić information content (AvgIpc) is 2.56. The zero-order chi connectivity index (χ0) is 17.7. The first-order valence-corrected chi connectivity index (χ1v) is 7.27. The van der Waals surface area contributed by atoms with Crippen LogP contribution in [0.3, 0.4) is 0 Å². The van der Waals surface area contributed by atoms with Gasteiger partial charge < -0.3 is 14.8 Å². The second-order valence-electron chi connectivity index (χ2n) is 5.19. The summed E-state index contributed by atoms with van der Waals surface area (Å²) < 4.78 is 10.7. The lowest BCUT2D eigenvalue weighted by Gasteiger charge is -2.15. The van der Waals surface area contributed by atoms with Crippen LogP contribution in [0.25, 0.3) is 0 Å². The minimum Gasteiger partial charge on any atom is -0.497 e. The van der Waals surface area contributed by atoms with E-state index in [0.717, 1.165) is 0 Å². The molecule has 24 heavy (non-hydrogen) atoms. The Labute approximate surface area is 139 Å². The minimum absolute atomic E-state index is 0.0471. The molecule has 0 radical (unpaired) electrons. The van der Waals surface area contributed by atoms with E-state index in [1.807, 2.05) is 0 Å². The van der Waals surface area contributed by atoms with E-state index in [9.17, 15) is 14.9 Å². The van der Waals surface area contributed by atoms with Crippen LogP contribution in [-0.2, 0) is 4.79 Å². The van der Waals surface area contributed by atoms with E-state index >= 15 is 0 Å². The Balaban J connectivity index is 2.06. The van der Waals surface area contributed by atoms with Gasteiger partial charge in [0.25, 0.3) is 11.6 Å². The molecule has 0 spiro atoms. The largest absolute Gasteiger partial charge is 0.497 e. The van der Waals surface area contributed by atoms with E-state index in [2.05, 4.69) is 5.32 Å². The van der Waals surface area contributed by atoms with Gasteiger partial charge in [0.2, 0.25) is 0 Å². The highest BCUT2D eigenvalue weighted by Gasteiger charge is 2.17. The number of hydrogen-bond donors (Lipinski definition) is 1. The summed E-state index contributed by atoms with van der Waals surface area (Å²) in [6.07, 6.45) is -0.780. The maximum Gasteiger partial charge on any atom is 0.274 e. The molecule has 0 saturated carbocycles. The van der Waals surface area contributed by atoms with Crippen molar-refractivity contribution in [1.82, 2.24) is 0 Å². The number of amides is 1. The molecular weight excluding hydrogens is 312 g/mol. The van der Waals surface area contributed by atoms with Crippen molar-refractivity contribution in [3.8, 4) is 11.5 Å². The molecule has 2 aromatic carbocycles. The number of nitrogens with zero attached hydrogens (tertiary/aromatic N) is 1. The first-order chi connectivity index (χ1) is 11.4. The Morgan fingerprint density at radius 3 is 2.58 bits per heavy atom. The Morgan fingerprint density at radius 1 is 1.21 bits per heavy atom. The van der Waals surface area contributed by atoms with Gasteiger partial charge in [0.1, 0.15) is 11.5 Å². The van der Waals surface area contributed by atoms with Crippen molar-refractivity contribution in [2.75, 3.05) is 12.4 Å². The molecule has 0 bridgehead atoms. The van der Waals surface area contributed by atoms with Gasteiger partial charge in [-0.2, -0.15) is 0 Å². The molecule has 2 rings (SSSR count). The summed E-state index contributed by atoms with van der Waals surface area (Å²) in [4.78, 5) is 22.7. The summed E-state index contributed by atoms with van der Waals surface area (Å²) in [6, 6.07) is 11.4. The van der Waals surface area contributed by atoms with Crippen molar-refractivity contribution in [1.29, 1.82) is 0 Å². The van der Waals surface area contributed by atoms with Crippen molar-refractivity contribution in [3.63, 3.8) is 0 Å². The third-order valence-electron chi connectivity index (χ3n) is 3.40. The minimum atomic E-state index is -0.780. The predicted octanol–water partition coefficient (Wildman–Crippen LogP) is 3.32. The van der Waals surface area contributed by atoms with Gasteiger partial charge in [0.15, 0.2) is 6.10 Å². The summed E-state index contributed by atoms with van der Waals surface area (Å²) in [7, 11) is 1.54. The molecule has 1 atom stereocenters. The Bertz CT molecular complexity index is 760. The van der Waals surface area contributed by atoms with Crippen molar-refractivity contribution < 1.29 is 19.2 Å². The van der Waals surface area contributed by atoms with Crippen LogP contribution < -0.4 is 14.8 Å². The van der Waals surface area contributed by atoms with Gasteiger partial charge in [-0.1, -0.05) is 12.1 Å². The van der Waals surface area contributed by atoms with E-state index in [-0.39, 0.29) is 5.69 Å². The van der Waals surface area contributed by atoms with Gasteiger partial charge in [-0.25, -0.2) is 0 Å². The maximum absolute atomic E-state index is 12.2. The van der Waals surface area contributed by atoms with E-state index in [1.54, 1.807) is 57.4 Å². The van der Waals surface area contributed by atoms with E-state index < -0.39 is 16.9 Å². The molecular formula is C17H18N2O5. The molecule has 2 aromatic rings. The van der Waals surface area contributed by atoms with Crippen LogP contribution in [0, 0.1) is 17.0 Å². The highest BCUT2D eigenvalue weighted by Crippen LogP contribution is 2.23. The van der Waals surface area contributed by atoms with E-state index in [0.29, 0.717) is 22.7 Å². The van der Waals surface area contributed by atoms with Gasteiger partial charge in [-0.15, -0.1) is 0 Å². The summed E-state index contributed by atoms with van der Waals surface area (Å²) in [5.74, 6) is 0.706. The lowest BCUT2D eigenvalue weighted by atomic mass is 10.2. The van der Waals surface area contributed by atoms with Crippen LogP contribution in [0.2, 0.25) is 0 Å². The number of carbonyl (C=O) groups excluding carboxylic acids is 1. The Morgan fingerprint density at radius 2 is 1.92 bits per heavy atom. The number of nitro groups is 1. The number of nitrogens with one attached hydrogen (secondary N) is 1. The van der Waals surface area contributed by atoms with Crippen LogP contribution in [0.5, 0.6) is 11.5 Å². The normalized spacial score (nSPS) is 11.5. The van der Waals surface area contributed by atoms with Crippen LogP contribution in [-0.4, -0.2) is 24.0 Å². The lowest BCUT2D eigenvalue weighted by Crippen LogP contribution is -2.30. The molecule has 1 N–H and O–H groups in total. The summed E-state index contributed by atoms with van der Waals surface area (Å²) in [6.45, 7) is 3.23. The van der Waals surface area contributed by atoms with Crippen LogP contribution in [0.4, 0.5) is 11.4 Å². The molecule has 0 aliphatic carbocycles. The first-order valence-electron chi connectivity index (χ1n) is 7.27. The Hall–Kier alpha value is -3.09. The molecule has 0 aliphatic heterocycles. The second kappa shape index (κ2) is 7.45. The zero-order valence-electron chi connectivity index (χ0n) is 13.6. The molecule has 126 valence electrons. The quantitative estimate of drug-likeness (QED) is 0.648. The Kier molecular flexibility index (Phi) is 5.36. The fourth-order valence-electron chi connectivity index (χ4n) is 2.06. The molecule has 0 aromatic heterocycles. The van der Waals surface area contributed by atoms with Gasteiger partial charge in [0, 0.05) is 23.4 Å². The highest BCUT2D eigenvalue weighted by molar-refractivity contribution is 5.94. The van der Waals surface area contributed by atoms with Crippen molar-refractivity contribution >= 4 is 17.3 Å². The summed E-state index contributed by atoms with van der Waals surface area (Å²) in [5, 5.41) is 13.6. The monoisotopic (exact) mass is 330 g/mol. The smallest absolute Gasteiger partial charge is 0.274 e. The van der Waals surface area contributed by atoms with Crippen LogP contribution >= 0.6 is 0 Å². The van der Waals surface area contributed by atoms with Crippen molar-refractivity contribution in [2.24, 2.45) is 0 Å². The number of anilines is 1. The summed E-state index contributed by atoms with van der Waals surface area (Å²) >= 11 is 0. The number of methoxy groups -OCH3 is 1. The van der Waals surface area contributed by atoms with Crippen molar-refractivity contribution in [3.05, 3.63) is 58.1 Å². The predicted molar refractivity (Wildman–Crippen MR) is 89.5 cm³/mol. The lowest BCUT2D eigenvalue weighted by molar-refractivity contribution is -0.385. The molecule has 0 fully saturated rings. The molecule has 1 amide bonds. The fraction of sp³-hybridized carbons (Fsp3) is 0.235. The molecule has 0 aliphatic rings. The number of aryl methyl sites for hydroxylation is 1. The molecule has 0 saturated heterocycles. The third kappa shape index (κ3) is 4.22. The zero-order valence-corrected chi connectivity index (χ0v) is 13.6. The van der Waals surface area contributed by atoms with E-state index in [4.69, 9.17) is 9.47 Å².